The molecule has 0 bridgehead atoms. The molecule has 3 heteroatoms. The van der Waals surface area contributed by atoms with Crippen molar-refractivity contribution in [2.24, 2.45) is 11.7 Å². The zero-order valence-corrected chi connectivity index (χ0v) is 11.5. The highest BCUT2D eigenvalue weighted by Crippen LogP contribution is 2.38. The van der Waals surface area contributed by atoms with Crippen LogP contribution in [0, 0.1) is 5.92 Å². The van der Waals surface area contributed by atoms with Crippen molar-refractivity contribution in [3.8, 4) is 0 Å². The van der Waals surface area contributed by atoms with E-state index >= 15 is 0 Å². The van der Waals surface area contributed by atoms with Gasteiger partial charge in [0.2, 0.25) is 0 Å². The summed E-state index contributed by atoms with van der Waals surface area (Å²) >= 11 is 0. The van der Waals surface area contributed by atoms with Crippen molar-refractivity contribution in [1.29, 1.82) is 0 Å². The molecular weight excluding hydrogens is 198 g/mol. The van der Waals surface area contributed by atoms with Gasteiger partial charge in [0, 0.05) is 25.2 Å². The molecule has 0 aromatic rings. The summed E-state index contributed by atoms with van der Waals surface area (Å²) in [5.74, 6) is 0.770. The lowest BCUT2D eigenvalue weighted by Crippen LogP contribution is -2.51. The first-order chi connectivity index (χ1) is 7.45. The van der Waals surface area contributed by atoms with Gasteiger partial charge in [0.1, 0.15) is 0 Å². The van der Waals surface area contributed by atoms with Crippen LogP contribution in [0.4, 0.5) is 0 Å². The Hall–Kier alpha value is -0.120. The van der Waals surface area contributed by atoms with Crippen molar-refractivity contribution in [1.82, 2.24) is 9.80 Å². The van der Waals surface area contributed by atoms with E-state index in [0.29, 0.717) is 0 Å². The average Bonchev–Trinajstić information content (AvgIpc) is 2.97. The maximum Gasteiger partial charge on any atom is 0.0283 e. The Morgan fingerprint density at radius 3 is 2.25 bits per heavy atom. The second-order valence-electron chi connectivity index (χ2n) is 5.86. The minimum Gasteiger partial charge on any atom is -0.324 e. The zero-order valence-electron chi connectivity index (χ0n) is 11.5. The van der Waals surface area contributed by atoms with Crippen molar-refractivity contribution in [2.45, 2.75) is 38.6 Å². The number of nitrogens with two attached hydrogens (primary N) is 1. The average molecular weight is 227 g/mol. The van der Waals surface area contributed by atoms with Crippen LogP contribution in [0.25, 0.3) is 0 Å². The molecule has 1 fully saturated rings. The van der Waals surface area contributed by atoms with Crippen LogP contribution in [0.3, 0.4) is 0 Å². The molecule has 2 N–H and O–H groups in total. The standard InChI is InChI=1S/C13H29N3/c1-5-8-16(10-9-15(3)4)11-13(2,14)12-6-7-12/h12H,5-11,14H2,1-4H3. The third kappa shape index (κ3) is 4.81. The van der Waals surface area contributed by atoms with E-state index in [9.17, 15) is 0 Å². The van der Waals surface area contributed by atoms with E-state index < -0.39 is 0 Å². The van der Waals surface area contributed by atoms with Gasteiger partial charge in [0.05, 0.1) is 0 Å². The molecule has 1 aliphatic rings. The van der Waals surface area contributed by atoms with Gasteiger partial charge in [-0.2, -0.15) is 0 Å². The number of hydrogen-bond donors (Lipinski definition) is 1. The predicted molar refractivity (Wildman–Crippen MR) is 70.6 cm³/mol. The van der Waals surface area contributed by atoms with E-state index in [1.165, 1.54) is 25.8 Å². The van der Waals surface area contributed by atoms with Crippen molar-refractivity contribution >= 4 is 0 Å². The first kappa shape index (κ1) is 13.9. The minimum absolute atomic E-state index is 0.0292. The Morgan fingerprint density at radius 2 is 1.81 bits per heavy atom. The van der Waals surface area contributed by atoms with Crippen LogP contribution < -0.4 is 5.73 Å². The molecule has 1 rings (SSSR count). The van der Waals surface area contributed by atoms with Gasteiger partial charge in [-0.15, -0.1) is 0 Å². The summed E-state index contributed by atoms with van der Waals surface area (Å²) in [6.07, 6.45) is 3.88. The normalized spacial score (nSPS) is 20.4. The van der Waals surface area contributed by atoms with Crippen LogP contribution >= 0.6 is 0 Å². The molecule has 0 aliphatic heterocycles. The molecule has 0 aromatic carbocycles. The van der Waals surface area contributed by atoms with E-state index in [1.54, 1.807) is 0 Å². The molecule has 0 amide bonds. The Kier molecular flexibility index (Phi) is 5.22. The fraction of sp³-hybridized carbons (Fsp3) is 1.00. The first-order valence-electron chi connectivity index (χ1n) is 6.61. The monoisotopic (exact) mass is 227 g/mol. The molecule has 1 unspecified atom stereocenters. The molecule has 0 heterocycles. The molecule has 1 aliphatic carbocycles. The molecule has 1 atom stereocenters. The lowest BCUT2D eigenvalue weighted by atomic mass is 9.96. The number of hydrogen-bond acceptors (Lipinski definition) is 3. The van der Waals surface area contributed by atoms with Gasteiger partial charge in [-0.3, -0.25) is 0 Å². The van der Waals surface area contributed by atoms with Crippen LogP contribution in [0.15, 0.2) is 0 Å². The Balaban J connectivity index is 2.36. The van der Waals surface area contributed by atoms with Gasteiger partial charge >= 0.3 is 0 Å². The van der Waals surface area contributed by atoms with Gasteiger partial charge < -0.3 is 15.5 Å². The van der Waals surface area contributed by atoms with Crippen LogP contribution in [0.5, 0.6) is 0 Å². The highest BCUT2D eigenvalue weighted by Gasteiger charge is 2.39. The van der Waals surface area contributed by atoms with Gasteiger partial charge in [-0.25, -0.2) is 0 Å². The quantitative estimate of drug-likeness (QED) is 0.680. The van der Waals surface area contributed by atoms with Crippen molar-refractivity contribution in [3.05, 3.63) is 0 Å². The maximum atomic E-state index is 6.40. The summed E-state index contributed by atoms with van der Waals surface area (Å²) in [5.41, 5.74) is 6.43. The Morgan fingerprint density at radius 1 is 1.19 bits per heavy atom. The third-order valence-corrected chi connectivity index (χ3v) is 3.48. The second kappa shape index (κ2) is 5.99. The van der Waals surface area contributed by atoms with E-state index in [2.05, 4.69) is 37.7 Å². The second-order valence-corrected chi connectivity index (χ2v) is 5.86. The van der Waals surface area contributed by atoms with E-state index in [4.69, 9.17) is 5.73 Å². The molecule has 96 valence electrons. The SMILES string of the molecule is CCCN(CCN(C)C)CC(C)(N)C1CC1. The summed E-state index contributed by atoms with van der Waals surface area (Å²) < 4.78 is 0. The summed E-state index contributed by atoms with van der Waals surface area (Å²) in [6, 6.07) is 0. The smallest absolute Gasteiger partial charge is 0.0283 e. The summed E-state index contributed by atoms with van der Waals surface area (Å²) in [4.78, 5) is 4.77. The molecular formula is C13H29N3. The molecule has 1 saturated carbocycles. The molecule has 0 spiro atoms. The van der Waals surface area contributed by atoms with Crippen LogP contribution in [-0.2, 0) is 0 Å². The molecule has 3 nitrogen and oxygen atoms in total. The fourth-order valence-corrected chi connectivity index (χ4v) is 2.28. The summed E-state index contributed by atoms with van der Waals surface area (Å²) in [5, 5.41) is 0. The molecule has 0 saturated heterocycles. The van der Waals surface area contributed by atoms with E-state index in [1.807, 2.05) is 0 Å². The number of rotatable bonds is 8. The van der Waals surface area contributed by atoms with Crippen molar-refractivity contribution in [3.63, 3.8) is 0 Å². The Bertz CT molecular complexity index is 197. The highest BCUT2D eigenvalue weighted by molar-refractivity contribution is 4.97. The minimum atomic E-state index is 0.0292. The lowest BCUT2D eigenvalue weighted by Gasteiger charge is -2.33. The van der Waals surface area contributed by atoms with E-state index in [-0.39, 0.29) is 5.54 Å². The third-order valence-electron chi connectivity index (χ3n) is 3.48. The maximum absolute atomic E-state index is 6.40. The van der Waals surface area contributed by atoms with Crippen LogP contribution in [-0.4, -0.2) is 55.6 Å². The first-order valence-corrected chi connectivity index (χ1v) is 6.61. The number of likely N-dealkylation sites (N-methyl/N-ethyl adjacent to an activating group) is 1. The number of nitrogens with zero attached hydrogens (tertiary/aromatic N) is 2. The Labute approximate surface area is 101 Å². The fourth-order valence-electron chi connectivity index (χ4n) is 2.28. The van der Waals surface area contributed by atoms with Gasteiger partial charge in [0.25, 0.3) is 0 Å². The van der Waals surface area contributed by atoms with Gasteiger partial charge in [-0.1, -0.05) is 6.92 Å². The largest absolute Gasteiger partial charge is 0.324 e. The van der Waals surface area contributed by atoms with E-state index in [0.717, 1.165) is 25.6 Å². The van der Waals surface area contributed by atoms with Gasteiger partial charge in [-0.05, 0) is 52.7 Å². The summed E-state index contributed by atoms with van der Waals surface area (Å²) in [7, 11) is 4.26. The summed E-state index contributed by atoms with van der Waals surface area (Å²) in [6.45, 7) is 8.96. The molecule has 0 radical (unpaired) electrons. The van der Waals surface area contributed by atoms with Crippen molar-refractivity contribution < 1.29 is 0 Å². The van der Waals surface area contributed by atoms with Crippen LogP contribution in [0.1, 0.15) is 33.1 Å². The molecule has 0 aromatic heterocycles. The van der Waals surface area contributed by atoms with Crippen LogP contribution in [0.2, 0.25) is 0 Å². The van der Waals surface area contributed by atoms with Crippen molar-refractivity contribution in [2.75, 3.05) is 40.3 Å². The highest BCUT2D eigenvalue weighted by atomic mass is 15.2. The zero-order chi connectivity index (χ0) is 12.2. The lowest BCUT2D eigenvalue weighted by molar-refractivity contribution is 0.186. The van der Waals surface area contributed by atoms with Gasteiger partial charge in [0.15, 0.2) is 0 Å². The predicted octanol–water partition coefficient (Wildman–Crippen LogP) is 1.39. The molecule has 16 heavy (non-hydrogen) atoms. The topological polar surface area (TPSA) is 32.5 Å².